The van der Waals surface area contributed by atoms with Gasteiger partial charge in [-0.05, 0) is 50.9 Å². The van der Waals surface area contributed by atoms with E-state index in [2.05, 4.69) is 20.7 Å². The number of hydrazine groups is 1. The van der Waals surface area contributed by atoms with E-state index in [-0.39, 0.29) is 54.8 Å². The molecule has 3 fully saturated rings. The second-order valence-electron chi connectivity index (χ2n) is 9.97. The van der Waals surface area contributed by atoms with Gasteiger partial charge in [-0.15, -0.1) is 0 Å². The van der Waals surface area contributed by atoms with Crippen molar-refractivity contribution in [3.63, 3.8) is 0 Å². The van der Waals surface area contributed by atoms with Crippen LogP contribution in [0, 0.1) is 11.8 Å². The molecule has 1 aromatic rings. The number of ether oxygens (including phenoxy) is 1. The van der Waals surface area contributed by atoms with Gasteiger partial charge in [-0.3, -0.25) is 19.1 Å². The highest BCUT2D eigenvalue weighted by Gasteiger charge is 2.49. The Labute approximate surface area is 201 Å². The van der Waals surface area contributed by atoms with Gasteiger partial charge in [-0.25, -0.2) is 15.2 Å². The highest BCUT2D eigenvalue weighted by molar-refractivity contribution is 5.75. The molecule has 3 N–H and O–H groups in total. The summed E-state index contributed by atoms with van der Waals surface area (Å²) in [5.74, 6) is -0.993. The van der Waals surface area contributed by atoms with Crippen molar-refractivity contribution in [1.82, 2.24) is 25.3 Å². The monoisotopic (exact) mass is 501 g/mol. The van der Waals surface area contributed by atoms with Crippen LogP contribution in [-0.4, -0.2) is 57.4 Å². The number of H-pyrrole nitrogens is 1. The van der Waals surface area contributed by atoms with Gasteiger partial charge >= 0.3 is 11.9 Å². The minimum Gasteiger partial charge on any atom is -0.475 e. The van der Waals surface area contributed by atoms with Crippen molar-refractivity contribution in [1.29, 1.82) is 0 Å². The Balaban J connectivity index is 1.47. The van der Waals surface area contributed by atoms with Crippen molar-refractivity contribution < 1.29 is 22.7 Å². The Bertz CT molecular complexity index is 1020. The molecule has 3 aliphatic rings. The summed E-state index contributed by atoms with van der Waals surface area (Å²) in [6.07, 6.45) is -0.708. The SMILES string of the molecule is CCC(=O)NCC1NN(C2CCC(C(F)(F)F)CC2)C2CCC(Oc3cc(=O)[nH]c(=O)n3C)CC12. The molecule has 9 nitrogen and oxygen atoms in total. The first-order valence-corrected chi connectivity index (χ1v) is 12.4. The molecule has 1 aliphatic heterocycles. The third-order valence-electron chi connectivity index (χ3n) is 7.80. The number of hydrogen-bond acceptors (Lipinski definition) is 6. The summed E-state index contributed by atoms with van der Waals surface area (Å²) in [5, 5.41) is 5.09. The zero-order valence-corrected chi connectivity index (χ0v) is 20.1. The number of nitrogens with zero attached hydrogens (tertiary/aromatic N) is 2. The molecule has 2 saturated carbocycles. The minimum absolute atomic E-state index is 0.0129. The molecule has 0 aromatic carbocycles. The second kappa shape index (κ2) is 10.3. The topological polar surface area (TPSA) is 108 Å². The van der Waals surface area contributed by atoms with Crippen molar-refractivity contribution >= 4 is 5.91 Å². The molecule has 4 atom stereocenters. The van der Waals surface area contributed by atoms with Crippen LogP contribution < -0.4 is 26.7 Å². The Hall–Kier alpha value is -2.34. The molecule has 4 rings (SSSR count). The Morgan fingerprint density at radius 1 is 1.17 bits per heavy atom. The number of fused-ring (bicyclic) bond motifs is 1. The maximum atomic E-state index is 13.2. The number of hydrogen-bond donors (Lipinski definition) is 3. The standard InChI is InChI=1S/C23H34F3N5O4/c1-3-19(32)27-12-17-16-10-15(35-21-11-20(33)28-22(34)30(21)2)8-9-18(16)31(29-17)14-6-4-13(5-7-14)23(24,25)26/h11,13-18,29H,3-10,12H2,1-2H3,(H,27,32)(H,28,33,34). The van der Waals surface area contributed by atoms with E-state index in [1.165, 1.54) is 17.7 Å². The normalized spacial score (nSPS) is 31.7. The van der Waals surface area contributed by atoms with Crippen LogP contribution >= 0.6 is 0 Å². The highest BCUT2D eigenvalue weighted by atomic mass is 19.4. The third kappa shape index (κ3) is 5.74. The Morgan fingerprint density at radius 2 is 1.89 bits per heavy atom. The number of carbonyl (C=O) groups is 1. The van der Waals surface area contributed by atoms with Gasteiger partial charge in [0.25, 0.3) is 5.56 Å². The van der Waals surface area contributed by atoms with E-state index < -0.39 is 23.3 Å². The fraction of sp³-hybridized carbons (Fsp3) is 0.783. The number of carbonyl (C=O) groups excluding carboxylic acids is 1. The van der Waals surface area contributed by atoms with Gasteiger partial charge in [-0.2, -0.15) is 13.2 Å². The summed E-state index contributed by atoms with van der Waals surface area (Å²) in [6.45, 7) is 2.19. The van der Waals surface area contributed by atoms with E-state index in [0.717, 1.165) is 6.42 Å². The number of alkyl halides is 3. The van der Waals surface area contributed by atoms with Crippen LogP contribution in [0.4, 0.5) is 13.2 Å². The van der Waals surface area contributed by atoms with Crippen LogP contribution in [0.15, 0.2) is 15.7 Å². The summed E-state index contributed by atoms with van der Waals surface area (Å²) >= 11 is 0. The lowest BCUT2D eigenvalue weighted by molar-refractivity contribution is -0.185. The molecular formula is C23H34F3N5O4. The molecule has 1 saturated heterocycles. The summed E-state index contributed by atoms with van der Waals surface area (Å²) in [6, 6.07) is 1.31. The van der Waals surface area contributed by atoms with Crippen molar-refractivity contribution in [3.05, 3.63) is 26.9 Å². The van der Waals surface area contributed by atoms with E-state index in [4.69, 9.17) is 4.74 Å². The molecule has 2 heterocycles. The summed E-state index contributed by atoms with van der Waals surface area (Å²) in [4.78, 5) is 37.8. The first-order valence-electron chi connectivity index (χ1n) is 12.4. The molecule has 4 unspecified atom stereocenters. The van der Waals surface area contributed by atoms with Crippen LogP contribution in [0.3, 0.4) is 0 Å². The van der Waals surface area contributed by atoms with E-state index >= 15 is 0 Å². The maximum absolute atomic E-state index is 13.2. The van der Waals surface area contributed by atoms with Gasteiger partial charge < -0.3 is 10.1 Å². The first-order chi connectivity index (χ1) is 16.6. The van der Waals surface area contributed by atoms with Crippen molar-refractivity contribution in [2.24, 2.45) is 18.9 Å². The molecule has 0 radical (unpaired) electrons. The highest BCUT2D eigenvalue weighted by Crippen LogP contribution is 2.43. The van der Waals surface area contributed by atoms with Crippen LogP contribution in [0.1, 0.15) is 58.3 Å². The lowest BCUT2D eigenvalue weighted by atomic mass is 9.78. The summed E-state index contributed by atoms with van der Waals surface area (Å²) < 4.78 is 46.8. The van der Waals surface area contributed by atoms with Crippen molar-refractivity contribution in [2.75, 3.05) is 6.54 Å². The van der Waals surface area contributed by atoms with Gasteiger partial charge in [0.15, 0.2) is 0 Å². The van der Waals surface area contributed by atoms with Crippen LogP contribution in [0.5, 0.6) is 5.88 Å². The van der Waals surface area contributed by atoms with Crippen LogP contribution in [0.2, 0.25) is 0 Å². The number of rotatable bonds is 6. The predicted molar refractivity (Wildman–Crippen MR) is 122 cm³/mol. The lowest BCUT2D eigenvalue weighted by Gasteiger charge is -2.41. The average molecular weight is 502 g/mol. The minimum atomic E-state index is -4.15. The van der Waals surface area contributed by atoms with Crippen molar-refractivity contribution in [3.8, 4) is 5.88 Å². The lowest BCUT2D eigenvalue weighted by Crippen LogP contribution is -2.50. The number of aromatic amines is 1. The number of amides is 1. The van der Waals surface area contributed by atoms with Gasteiger partial charge in [-0.1, -0.05) is 6.92 Å². The third-order valence-corrected chi connectivity index (χ3v) is 7.80. The van der Waals surface area contributed by atoms with Gasteiger partial charge in [0.1, 0.15) is 6.10 Å². The van der Waals surface area contributed by atoms with E-state index in [1.54, 1.807) is 6.92 Å². The molecule has 1 aromatic heterocycles. The zero-order valence-electron chi connectivity index (χ0n) is 20.1. The molecule has 1 amide bonds. The predicted octanol–water partition coefficient (Wildman–Crippen LogP) is 1.83. The van der Waals surface area contributed by atoms with Crippen molar-refractivity contribution in [2.45, 2.75) is 88.7 Å². The van der Waals surface area contributed by atoms with Crippen LogP contribution in [0.25, 0.3) is 0 Å². The zero-order chi connectivity index (χ0) is 25.3. The number of nitrogens with one attached hydrogen (secondary N) is 3. The van der Waals surface area contributed by atoms with Gasteiger partial charge in [0.05, 0.1) is 12.0 Å². The smallest absolute Gasteiger partial charge is 0.391 e. The molecule has 0 spiro atoms. The maximum Gasteiger partial charge on any atom is 0.391 e. The van der Waals surface area contributed by atoms with E-state index in [0.29, 0.717) is 38.6 Å². The average Bonchev–Trinajstić information content (AvgIpc) is 3.18. The quantitative estimate of drug-likeness (QED) is 0.549. The fourth-order valence-electron chi connectivity index (χ4n) is 5.84. The van der Waals surface area contributed by atoms with Gasteiger partial charge in [0, 0.05) is 38.1 Å². The summed E-state index contributed by atoms with van der Waals surface area (Å²) in [5.41, 5.74) is 2.44. The molecule has 0 bridgehead atoms. The summed E-state index contributed by atoms with van der Waals surface area (Å²) in [7, 11) is 1.53. The Kier molecular flexibility index (Phi) is 7.60. The first kappa shape index (κ1) is 25.7. The second-order valence-corrected chi connectivity index (χ2v) is 9.97. The number of aromatic nitrogens is 2. The fourth-order valence-corrected chi connectivity index (χ4v) is 5.84. The molecule has 2 aliphatic carbocycles. The van der Waals surface area contributed by atoms with Crippen LogP contribution in [-0.2, 0) is 11.8 Å². The van der Waals surface area contributed by atoms with Gasteiger partial charge in [0.2, 0.25) is 11.8 Å². The molecular weight excluding hydrogens is 467 g/mol. The number of halogens is 3. The molecule has 12 heteroatoms. The Morgan fingerprint density at radius 3 is 2.54 bits per heavy atom. The van der Waals surface area contributed by atoms with E-state index in [1.807, 2.05) is 0 Å². The molecule has 35 heavy (non-hydrogen) atoms. The van der Waals surface area contributed by atoms with E-state index in [9.17, 15) is 27.6 Å². The molecule has 196 valence electrons. The largest absolute Gasteiger partial charge is 0.475 e.